The first-order valence-corrected chi connectivity index (χ1v) is 15.8. The monoisotopic (exact) mass is 670 g/mol. The molecule has 2 aromatic carbocycles. The molecular formula is C35H50N4O9. The minimum atomic E-state index is -1.04. The highest BCUT2D eigenvalue weighted by Gasteiger charge is 2.28. The van der Waals surface area contributed by atoms with Crippen LogP contribution in [0.2, 0.25) is 0 Å². The first kappa shape index (κ1) is 39.4. The van der Waals surface area contributed by atoms with E-state index >= 15 is 0 Å². The van der Waals surface area contributed by atoms with Crippen LogP contribution < -0.4 is 21.3 Å². The lowest BCUT2D eigenvalue weighted by Gasteiger charge is -2.27. The van der Waals surface area contributed by atoms with Crippen molar-refractivity contribution in [1.29, 1.82) is 0 Å². The molecule has 4 amide bonds. The predicted octanol–water partition coefficient (Wildman–Crippen LogP) is 4.95. The second-order valence-electron chi connectivity index (χ2n) is 13.7. The van der Waals surface area contributed by atoms with Gasteiger partial charge in [-0.05, 0) is 91.5 Å². The third kappa shape index (κ3) is 14.7. The van der Waals surface area contributed by atoms with Crippen molar-refractivity contribution in [2.24, 2.45) is 5.92 Å². The quantitative estimate of drug-likeness (QED) is 0.112. The molecule has 0 spiro atoms. The number of esters is 1. The average molecular weight is 671 g/mol. The smallest absolute Gasteiger partial charge is 0.408 e. The van der Waals surface area contributed by atoms with E-state index in [4.69, 9.17) is 14.2 Å². The van der Waals surface area contributed by atoms with Crippen molar-refractivity contribution in [3.05, 3.63) is 59.7 Å². The number of anilines is 1. The molecule has 0 saturated carbocycles. The molecule has 48 heavy (non-hydrogen) atoms. The van der Waals surface area contributed by atoms with Gasteiger partial charge in [-0.2, -0.15) is 0 Å². The first-order valence-electron chi connectivity index (χ1n) is 15.8. The summed E-state index contributed by atoms with van der Waals surface area (Å²) in [6, 6.07) is 11.0. The number of nitrogens with one attached hydrogen (secondary N) is 4. The second kappa shape index (κ2) is 17.4. The Kier molecular flexibility index (Phi) is 14.2. The van der Waals surface area contributed by atoms with E-state index < -0.39 is 65.2 Å². The molecule has 5 N–H and O–H groups in total. The molecule has 4 atom stereocenters. The van der Waals surface area contributed by atoms with E-state index in [1.54, 1.807) is 66.7 Å². The summed E-state index contributed by atoms with van der Waals surface area (Å²) in [6.45, 7) is 15.2. The molecule has 0 aliphatic carbocycles. The van der Waals surface area contributed by atoms with Crippen LogP contribution in [0.1, 0.15) is 79.9 Å². The number of alkyl carbamates (subject to hydrolysis) is 2. The lowest BCUT2D eigenvalue weighted by atomic mass is 9.95. The summed E-state index contributed by atoms with van der Waals surface area (Å²) in [7, 11) is 0. The van der Waals surface area contributed by atoms with Gasteiger partial charge in [0.2, 0.25) is 11.8 Å². The third-order valence-corrected chi connectivity index (χ3v) is 6.66. The number of amides is 4. The van der Waals surface area contributed by atoms with Gasteiger partial charge in [0.25, 0.3) is 0 Å². The zero-order valence-electron chi connectivity index (χ0n) is 29.3. The number of rotatable bonds is 13. The molecule has 0 fully saturated rings. The van der Waals surface area contributed by atoms with Gasteiger partial charge in [0.15, 0.2) is 0 Å². The van der Waals surface area contributed by atoms with Crippen molar-refractivity contribution >= 4 is 35.7 Å². The molecule has 4 unspecified atom stereocenters. The summed E-state index contributed by atoms with van der Waals surface area (Å²) < 4.78 is 16.1. The second-order valence-corrected chi connectivity index (χ2v) is 13.7. The molecule has 0 saturated heterocycles. The predicted molar refractivity (Wildman–Crippen MR) is 180 cm³/mol. The summed E-state index contributed by atoms with van der Waals surface area (Å²) >= 11 is 0. The standard InChI is InChI=1S/C35H50N4O9/c1-21(31(43)47-34(4,5)6)17-26(38-33(45)48-35(7,8)9)18-25-15-16-28(40)27(19-25)39-30(42)22(2)36-29(41)23(3)37-32(44)46-20-24-13-11-10-12-14-24/h10-16,19,21-23,26,40H,17-18,20H2,1-9H3,(H,36,41)(H,37,44)(H,38,45)(H,39,42). The van der Waals surface area contributed by atoms with E-state index in [0.29, 0.717) is 5.56 Å². The Hall–Kier alpha value is -4.81. The van der Waals surface area contributed by atoms with Gasteiger partial charge in [-0.15, -0.1) is 0 Å². The fourth-order valence-electron chi connectivity index (χ4n) is 4.34. The van der Waals surface area contributed by atoms with Crippen LogP contribution in [0.4, 0.5) is 15.3 Å². The van der Waals surface area contributed by atoms with Crippen LogP contribution in [0.25, 0.3) is 0 Å². The lowest BCUT2D eigenvalue weighted by molar-refractivity contribution is -0.159. The van der Waals surface area contributed by atoms with Crippen LogP contribution in [0.5, 0.6) is 5.75 Å². The van der Waals surface area contributed by atoms with Crippen LogP contribution >= 0.6 is 0 Å². The molecule has 0 heterocycles. The van der Waals surface area contributed by atoms with Crippen molar-refractivity contribution in [2.75, 3.05) is 5.32 Å². The Morgan fingerprint density at radius 2 is 1.33 bits per heavy atom. The maximum absolute atomic E-state index is 13.0. The van der Waals surface area contributed by atoms with Crippen molar-refractivity contribution in [1.82, 2.24) is 16.0 Å². The van der Waals surface area contributed by atoms with Crippen molar-refractivity contribution in [3.8, 4) is 5.75 Å². The number of hydrogen-bond acceptors (Lipinski definition) is 9. The Morgan fingerprint density at radius 3 is 1.94 bits per heavy atom. The van der Waals surface area contributed by atoms with Crippen molar-refractivity contribution < 1.29 is 43.3 Å². The number of phenols is 1. The summed E-state index contributed by atoms with van der Waals surface area (Å²) in [5, 5.41) is 20.9. The highest BCUT2D eigenvalue weighted by Crippen LogP contribution is 2.26. The zero-order valence-corrected chi connectivity index (χ0v) is 29.3. The van der Waals surface area contributed by atoms with Gasteiger partial charge in [0.05, 0.1) is 11.6 Å². The minimum Gasteiger partial charge on any atom is -0.506 e. The minimum absolute atomic E-state index is 0.0307. The van der Waals surface area contributed by atoms with Crippen LogP contribution in [-0.2, 0) is 41.6 Å². The van der Waals surface area contributed by atoms with Crippen LogP contribution in [0.3, 0.4) is 0 Å². The summed E-state index contributed by atoms with van der Waals surface area (Å²) in [4.78, 5) is 63.1. The normalized spacial score (nSPS) is 13.9. The van der Waals surface area contributed by atoms with Gasteiger partial charge < -0.3 is 40.6 Å². The molecular weight excluding hydrogens is 620 g/mol. The topological polar surface area (TPSA) is 181 Å². The lowest BCUT2D eigenvalue weighted by Crippen LogP contribution is -2.50. The molecule has 264 valence electrons. The fourth-order valence-corrected chi connectivity index (χ4v) is 4.34. The number of hydrogen-bond donors (Lipinski definition) is 5. The van der Waals surface area contributed by atoms with Gasteiger partial charge in [-0.3, -0.25) is 14.4 Å². The summed E-state index contributed by atoms with van der Waals surface area (Å²) in [6.07, 6.45) is -0.994. The first-order chi connectivity index (χ1) is 22.2. The van der Waals surface area contributed by atoms with E-state index in [1.165, 1.54) is 26.0 Å². The highest BCUT2D eigenvalue weighted by atomic mass is 16.6. The average Bonchev–Trinajstić information content (AvgIpc) is 2.96. The van der Waals surface area contributed by atoms with E-state index in [2.05, 4.69) is 21.3 Å². The number of carbonyl (C=O) groups excluding carboxylic acids is 5. The number of aromatic hydroxyl groups is 1. The molecule has 2 aromatic rings. The van der Waals surface area contributed by atoms with Gasteiger partial charge in [-0.25, -0.2) is 9.59 Å². The number of carbonyl (C=O) groups is 5. The Bertz CT molecular complexity index is 1420. The Morgan fingerprint density at radius 1 is 0.729 bits per heavy atom. The zero-order chi connectivity index (χ0) is 36.2. The Balaban J connectivity index is 2.05. The SMILES string of the molecule is CC(CC(Cc1ccc(O)c(NC(=O)C(C)NC(=O)C(C)NC(=O)OCc2ccccc2)c1)NC(=O)OC(C)(C)C)C(=O)OC(C)(C)C. The number of benzene rings is 2. The van der Waals surface area contributed by atoms with Gasteiger partial charge in [-0.1, -0.05) is 43.3 Å². The van der Waals surface area contributed by atoms with Crippen LogP contribution in [0, 0.1) is 5.92 Å². The largest absolute Gasteiger partial charge is 0.506 e. The van der Waals surface area contributed by atoms with E-state index in [1.807, 2.05) is 18.2 Å². The number of phenolic OH excluding ortho intramolecular Hbond substituents is 1. The number of ether oxygens (including phenoxy) is 3. The maximum Gasteiger partial charge on any atom is 0.408 e. The van der Waals surface area contributed by atoms with E-state index in [0.717, 1.165) is 5.56 Å². The molecule has 0 aliphatic rings. The molecule has 0 aliphatic heterocycles. The maximum atomic E-state index is 13.0. The molecule has 13 nitrogen and oxygen atoms in total. The van der Waals surface area contributed by atoms with E-state index in [9.17, 15) is 29.1 Å². The molecule has 0 radical (unpaired) electrons. The van der Waals surface area contributed by atoms with Crippen LogP contribution in [-0.4, -0.2) is 64.4 Å². The molecule has 2 rings (SSSR count). The van der Waals surface area contributed by atoms with Gasteiger partial charge in [0.1, 0.15) is 35.6 Å². The fraction of sp³-hybridized carbons (Fsp3) is 0.514. The Labute approximate surface area is 282 Å². The highest BCUT2D eigenvalue weighted by molar-refractivity contribution is 5.98. The summed E-state index contributed by atoms with van der Waals surface area (Å²) in [5.74, 6) is -2.45. The molecule has 0 bridgehead atoms. The van der Waals surface area contributed by atoms with Crippen molar-refractivity contribution in [3.63, 3.8) is 0 Å². The summed E-state index contributed by atoms with van der Waals surface area (Å²) in [5.41, 5.74) is 0.0675. The molecule has 0 aromatic heterocycles. The van der Waals surface area contributed by atoms with Gasteiger partial charge >= 0.3 is 18.2 Å². The molecule has 13 heteroatoms. The van der Waals surface area contributed by atoms with Crippen molar-refractivity contribution in [2.45, 2.75) is 111 Å². The van der Waals surface area contributed by atoms with Gasteiger partial charge in [0, 0.05) is 6.04 Å². The third-order valence-electron chi connectivity index (χ3n) is 6.66. The van der Waals surface area contributed by atoms with E-state index in [-0.39, 0.29) is 30.9 Å². The van der Waals surface area contributed by atoms with Crippen LogP contribution in [0.15, 0.2) is 48.5 Å².